The van der Waals surface area contributed by atoms with E-state index in [0.717, 1.165) is 68.1 Å². The van der Waals surface area contributed by atoms with Crippen molar-refractivity contribution in [2.45, 2.75) is 58.6 Å². The SMILES string of the molecule is CC(C)C(=O)N(Cc1c(-c2ccccc2)noc1N1CCCCC1)C[C@H]1CCCO1. The number of carbonyl (C=O) groups excluding carboxylic acids is 1. The van der Waals surface area contributed by atoms with Crippen LogP contribution in [0, 0.1) is 5.92 Å². The van der Waals surface area contributed by atoms with E-state index < -0.39 is 0 Å². The first kappa shape index (κ1) is 20.9. The number of hydrogen-bond acceptors (Lipinski definition) is 5. The van der Waals surface area contributed by atoms with Crippen LogP contribution in [0.2, 0.25) is 0 Å². The van der Waals surface area contributed by atoms with E-state index in [-0.39, 0.29) is 17.9 Å². The van der Waals surface area contributed by atoms with E-state index in [0.29, 0.717) is 13.1 Å². The zero-order valence-electron chi connectivity index (χ0n) is 18.2. The number of hydrogen-bond donors (Lipinski definition) is 0. The number of ether oxygens (including phenoxy) is 1. The summed E-state index contributed by atoms with van der Waals surface area (Å²) in [5, 5.41) is 4.46. The summed E-state index contributed by atoms with van der Waals surface area (Å²) in [6.07, 6.45) is 5.76. The van der Waals surface area contributed by atoms with Crippen LogP contribution < -0.4 is 4.90 Å². The molecule has 0 spiro atoms. The summed E-state index contributed by atoms with van der Waals surface area (Å²) in [4.78, 5) is 17.3. The van der Waals surface area contributed by atoms with Gasteiger partial charge in [-0.25, -0.2) is 0 Å². The third-order valence-electron chi connectivity index (χ3n) is 6.06. The molecule has 0 saturated carbocycles. The molecule has 0 bridgehead atoms. The summed E-state index contributed by atoms with van der Waals surface area (Å²) in [7, 11) is 0. The van der Waals surface area contributed by atoms with Gasteiger partial charge in [0.1, 0.15) is 5.69 Å². The van der Waals surface area contributed by atoms with Gasteiger partial charge in [0.15, 0.2) is 0 Å². The van der Waals surface area contributed by atoms with Crippen LogP contribution >= 0.6 is 0 Å². The number of nitrogens with zero attached hydrogens (tertiary/aromatic N) is 3. The predicted octanol–water partition coefficient (Wildman–Crippen LogP) is 4.50. The largest absolute Gasteiger partial charge is 0.376 e. The average Bonchev–Trinajstić information content (AvgIpc) is 3.44. The van der Waals surface area contributed by atoms with Crippen molar-refractivity contribution in [2.75, 3.05) is 31.1 Å². The van der Waals surface area contributed by atoms with Crippen molar-refractivity contribution < 1.29 is 14.1 Å². The molecule has 0 N–H and O–H groups in total. The summed E-state index contributed by atoms with van der Waals surface area (Å²) in [6.45, 7) is 7.77. The highest BCUT2D eigenvalue weighted by molar-refractivity contribution is 5.79. The molecule has 4 rings (SSSR count). The zero-order chi connectivity index (χ0) is 20.9. The third-order valence-corrected chi connectivity index (χ3v) is 6.06. The van der Waals surface area contributed by atoms with E-state index in [1.807, 2.05) is 36.9 Å². The first-order valence-corrected chi connectivity index (χ1v) is 11.3. The lowest BCUT2D eigenvalue weighted by molar-refractivity contribution is -0.136. The van der Waals surface area contributed by atoms with E-state index in [2.05, 4.69) is 22.2 Å². The summed E-state index contributed by atoms with van der Waals surface area (Å²) in [6, 6.07) is 10.1. The lowest BCUT2D eigenvalue weighted by Gasteiger charge is -2.30. The molecule has 2 aliphatic heterocycles. The first-order chi connectivity index (χ1) is 14.6. The Morgan fingerprint density at radius 2 is 1.93 bits per heavy atom. The van der Waals surface area contributed by atoms with Crippen LogP contribution in [0.25, 0.3) is 11.3 Å². The average molecular weight is 412 g/mol. The van der Waals surface area contributed by atoms with Crippen molar-refractivity contribution in [1.82, 2.24) is 10.1 Å². The number of rotatable bonds is 7. The highest BCUT2D eigenvalue weighted by Gasteiger charge is 2.30. The van der Waals surface area contributed by atoms with Gasteiger partial charge in [0.2, 0.25) is 11.8 Å². The number of anilines is 1. The molecule has 0 radical (unpaired) electrons. The fourth-order valence-electron chi connectivity index (χ4n) is 4.43. The van der Waals surface area contributed by atoms with Crippen molar-refractivity contribution in [3.63, 3.8) is 0 Å². The van der Waals surface area contributed by atoms with Crippen molar-refractivity contribution in [3.8, 4) is 11.3 Å². The number of aromatic nitrogens is 1. The van der Waals surface area contributed by atoms with E-state index in [1.54, 1.807) is 0 Å². The van der Waals surface area contributed by atoms with Gasteiger partial charge in [-0.2, -0.15) is 0 Å². The molecule has 2 saturated heterocycles. The van der Waals surface area contributed by atoms with Gasteiger partial charge < -0.3 is 19.1 Å². The molecule has 6 nitrogen and oxygen atoms in total. The minimum absolute atomic E-state index is 0.0649. The standard InChI is InChI=1S/C24H33N3O3/c1-18(2)23(28)27(16-20-12-9-15-29-20)17-21-22(19-10-5-3-6-11-19)25-30-24(21)26-13-7-4-8-14-26/h3,5-6,10-11,18,20H,4,7-9,12-17H2,1-2H3/t20-/m1/s1. The Bertz CT molecular complexity index is 821. The summed E-state index contributed by atoms with van der Waals surface area (Å²) < 4.78 is 11.8. The molecule has 1 atom stereocenters. The quantitative estimate of drug-likeness (QED) is 0.672. The molecule has 6 heteroatoms. The van der Waals surface area contributed by atoms with E-state index in [1.165, 1.54) is 6.42 Å². The van der Waals surface area contributed by atoms with Crippen LogP contribution in [-0.4, -0.2) is 48.3 Å². The first-order valence-electron chi connectivity index (χ1n) is 11.3. The number of piperidine rings is 1. The van der Waals surface area contributed by atoms with Crippen molar-refractivity contribution >= 4 is 11.8 Å². The zero-order valence-corrected chi connectivity index (χ0v) is 18.2. The Labute approximate surface area is 179 Å². The number of amides is 1. The van der Waals surface area contributed by atoms with Crippen LogP contribution in [0.1, 0.15) is 51.5 Å². The van der Waals surface area contributed by atoms with Gasteiger partial charge in [0, 0.05) is 37.7 Å². The van der Waals surface area contributed by atoms with E-state index >= 15 is 0 Å². The molecule has 2 aromatic rings. The van der Waals surface area contributed by atoms with Crippen LogP contribution in [0.3, 0.4) is 0 Å². The van der Waals surface area contributed by atoms with Crippen molar-refractivity contribution in [3.05, 3.63) is 35.9 Å². The van der Waals surface area contributed by atoms with Crippen molar-refractivity contribution in [2.24, 2.45) is 5.92 Å². The minimum Gasteiger partial charge on any atom is -0.376 e. The second-order valence-corrected chi connectivity index (χ2v) is 8.74. The van der Waals surface area contributed by atoms with Crippen molar-refractivity contribution in [1.29, 1.82) is 0 Å². The smallest absolute Gasteiger partial charge is 0.232 e. The van der Waals surface area contributed by atoms with Gasteiger partial charge in [-0.15, -0.1) is 0 Å². The van der Waals surface area contributed by atoms with Crippen LogP contribution in [0.15, 0.2) is 34.9 Å². The van der Waals surface area contributed by atoms with E-state index in [9.17, 15) is 4.79 Å². The van der Waals surface area contributed by atoms with Crippen LogP contribution in [-0.2, 0) is 16.1 Å². The normalized spacial score (nSPS) is 19.4. The number of carbonyl (C=O) groups is 1. The van der Waals surface area contributed by atoms with Gasteiger partial charge in [0.05, 0.1) is 18.2 Å². The second-order valence-electron chi connectivity index (χ2n) is 8.74. The highest BCUT2D eigenvalue weighted by Crippen LogP contribution is 2.34. The topological polar surface area (TPSA) is 58.8 Å². The lowest BCUT2D eigenvalue weighted by Crippen LogP contribution is -2.39. The minimum atomic E-state index is -0.0649. The maximum absolute atomic E-state index is 13.1. The van der Waals surface area contributed by atoms with Gasteiger partial charge in [-0.05, 0) is 32.1 Å². The molecule has 2 aliphatic rings. The maximum Gasteiger partial charge on any atom is 0.232 e. The molecule has 162 valence electrons. The Kier molecular flexibility index (Phi) is 6.72. The Hall–Kier alpha value is -2.34. The van der Waals surface area contributed by atoms with Gasteiger partial charge in [-0.3, -0.25) is 4.79 Å². The Morgan fingerprint density at radius 3 is 2.60 bits per heavy atom. The number of benzene rings is 1. The molecule has 1 aromatic heterocycles. The Balaban J connectivity index is 1.67. The van der Waals surface area contributed by atoms with Crippen LogP contribution in [0.4, 0.5) is 5.88 Å². The molecule has 3 heterocycles. The fourth-order valence-corrected chi connectivity index (χ4v) is 4.43. The summed E-state index contributed by atoms with van der Waals surface area (Å²) >= 11 is 0. The van der Waals surface area contributed by atoms with Gasteiger partial charge >= 0.3 is 0 Å². The van der Waals surface area contributed by atoms with E-state index in [4.69, 9.17) is 9.26 Å². The Morgan fingerprint density at radius 1 is 1.17 bits per heavy atom. The third kappa shape index (κ3) is 4.69. The predicted molar refractivity (Wildman–Crippen MR) is 117 cm³/mol. The second kappa shape index (κ2) is 9.65. The molecule has 30 heavy (non-hydrogen) atoms. The summed E-state index contributed by atoms with van der Waals surface area (Å²) in [5.74, 6) is 0.905. The molecule has 1 amide bonds. The van der Waals surface area contributed by atoms with Gasteiger partial charge in [0.25, 0.3) is 0 Å². The molecular weight excluding hydrogens is 378 g/mol. The fraction of sp³-hybridized carbons (Fsp3) is 0.583. The monoisotopic (exact) mass is 411 g/mol. The highest BCUT2D eigenvalue weighted by atomic mass is 16.5. The lowest BCUT2D eigenvalue weighted by atomic mass is 10.0. The summed E-state index contributed by atoms with van der Waals surface area (Å²) in [5.41, 5.74) is 2.87. The molecular formula is C24H33N3O3. The maximum atomic E-state index is 13.1. The van der Waals surface area contributed by atoms with Crippen LogP contribution in [0.5, 0.6) is 0 Å². The molecule has 1 aromatic carbocycles. The molecule has 0 unspecified atom stereocenters. The molecule has 0 aliphatic carbocycles. The van der Waals surface area contributed by atoms with Gasteiger partial charge in [-0.1, -0.05) is 49.3 Å². The molecule has 2 fully saturated rings.